The van der Waals surface area contributed by atoms with Crippen molar-refractivity contribution in [2.75, 3.05) is 6.54 Å². The molecule has 1 unspecified atom stereocenters. The van der Waals surface area contributed by atoms with Gasteiger partial charge in [-0.3, -0.25) is 9.88 Å². The molecule has 1 fully saturated rings. The summed E-state index contributed by atoms with van der Waals surface area (Å²) in [6.45, 7) is 3.70. The van der Waals surface area contributed by atoms with Gasteiger partial charge in [-0.1, -0.05) is 6.42 Å². The molecule has 1 aliphatic rings. The van der Waals surface area contributed by atoms with Crippen molar-refractivity contribution in [3.63, 3.8) is 0 Å². The van der Waals surface area contributed by atoms with Crippen molar-refractivity contribution in [1.82, 2.24) is 24.5 Å². The highest BCUT2D eigenvalue weighted by Crippen LogP contribution is 2.31. The van der Waals surface area contributed by atoms with Crippen molar-refractivity contribution < 1.29 is 4.39 Å². The van der Waals surface area contributed by atoms with Gasteiger partial charge in [0, 0.05) is 18.8 Å². The Kier molecular flexibility index (Phi) is 3.98. The number of halogens is 1. The molecule has 1 atom stereocenters. The van der Waals surface area contributed by atoms with E-state index in [4.69, 9.17) is 4.98 Å². The summed E-state index contributed by atoms with van der Waals surface area (Å²) in [7, 11) is 0. The Morgan fingerprint density at radius 3 is 3.00 bits per heavy atom. The van der Waals surface area contributed by atoms with E-state index < -0.39 is 0 Å². The molecule has 0 saturated carbocycles. The van der Waals surface area contributed by atoms with Crippen LogP contribution in [0.15, 0.2) is 36.7 Å². The maximum atomic E-state index is 13.1. The predicted molar refractivity (Wildman–Crippen MR) is 88.9 cm³/mol. The van der Waals surface area contributed by atoms with E-state index in [1.807, 2.05) is 23.7 Å². The van der Waals surface area contributed by atoms with E-state index in [1.54, 1.807) is 6.07 Å². The highest BCUT2D eigenvalue weighted by atomic mass is 19.1. The van der Waals surface area contributed by atoms with Crippen molar-refractivity contribution in [2.45, 2.75) is 38.8 Å². The van der Waals surface area contributed by atoms with E-state index in [0.29, 0.717) is 0 Å². The highest BCUT2D eigenvalue weighted by molar-refractivity contribution is 5.39. The molecule has 0 spiro atoms. The van der Waals surface area contributed by atoms with E-state index in [1.165, 1.54) is 25.1 Å². The Balaban J connectivity index is 1.61. The molecule has 24 heavy (non-hydrogen) atoms. The molecule has 124 valence electrons. The zero-order valence-corrected chi connectivity index (χ0v) is 13.7. The molecule has 5 nitrogen and oxygen atoms in total. The maximum Gasteiger partial charge on any atom is 0.155 e. The number of hydrogen-bond acceptors (Lipinski definition) is 4. The molecular weight excluding hydrogens is 305 g/mol. The lowest BCUT2D eigenvalue weighted by molar-refractivity contribution is 0.135. The van der Waals surface area contributed by atoms with Crippen molar-refractivity contribution in [3.05, 3.63) is 59.6 Å². The van der Waals surface area contributed by atoms with Crippen LogP contribution in [0.4, 0.5) is 4.39 Å². The summed E-state index contributed by atoms with van der Waals surface area (Å²) in [5.41, 5.74) is 3.82. The second-order valence-electron chi connectivity index (χ2n) is 6.39. The van der Waals surface area contributed by atoms with Crippen LogP contribution in [0.2, 0.25) is 0 Å². The van der Waals surface area contributed by atoms with Crippen LogP contribution in [-0.2, 0) is 6.54 Å². The van der Waals surface area contributed by atoms with Gasteiger partial charge in [0.25, 0.3) is 0 Å². The molecule has 6 heteroatoms. The summed E-state index contributed by atoms with van der Waals surface area (Å²) < 4.78 is 14.9. The molecule has 3 aromatic heterocycles. The Hall–Kier alpha value is -2.34. The first-order chi connectivity index (χ1) is 11.7. The Bertz CT molecular complexity index is 842. The molecule has 3 aromatic rings. The van der Waals surface area contributed by atoms with Crippen LogP contribution in [0, 0.1) is 12.7 Å². The van der Waals surface area contributed by atoms with Crippen molar-refractivity contribution >= 4 is 5.65 Å². The van der Waals surface area contributed by atoms with Gasteiger partial charge in [0.2, 0.25) is 0 Å². The average molecular weight is 325 g/mol. The lowest BCUT2D eigenvalue weighted by Crippen LogP contribution is -2.33. The molecule has 1 aliphatic heterocycles. The van der Waals surface area contributed by atoms with Crippen LogP contribution in [0.5, 0.6) is 0 Å². The van der Waals surface area contributed by atoms with E-state index >= 15 is 0 Å². The summed E-state index contributed by atoms with van der Waals surface area (Å²) in [4.78, 5) is 11.4. The number of pyridine rings is 1. The van der Waals surface area contributed by atoms with Gasteiger partial charge in [0.15, 0.2) is 5.65 Å². The molecule has 1 saturated heterocycles. The quantitative estimate of drug-likeness (QED) is 0.741. The third-order valence-corrected chi connectivity index (χ3v) is 4.58. The lowest BCUT2D eigenvalue weighted by Gasteiger charge is -2.35. The lowest BCUT2D eigenvalue weighted by atomic mass is 9.99. The molecular formula is C18H20FN5. The number of hydrogen-bond donors (Lipinski definition) is 0. The topological polar surface area (TPSA) is 46.3 Å². The zero-order chi connectivity index (χ0) is 16.5. The fourth-order valence-electron chi connectivity index (χ4n) is 3.42. The van der Waals surface area contributed by atoms with Crippen molar-refractivity contribution in [2.24, 2.45) is 0 Å². The zero-order valence-electron chi connectivity index (χ0n) is 13.7. The Morgan fingerprint density at radius 1 is 1.25 bits per heavy atom. The third-order valence-electron chi connectivity index (χ3n) is 4.58. The van der Waals surface area contributed by atoms with Crippen LogP contribution in [0.1, 0.15) is 42.4 Å². The number of piperidine rings is 1. The van der Waals surface area contributed by atoms with Gasteiger partial charge in [0.1, 0.15) is 5.82 Å². The number of likely N-dealkylation sites (tertiary alicyclic amines) is 1. The van der Waals surface area contributed by atoms with Crippen LogP contribution >= 0.6 is 0 Å². The van der Waals surface area contributed by atoms with Gasteiger partial charge >= 0.3 is 0 Å². The molecule has 4 heterocycles. The summed E-state index contributed by atoms with van der Waals surface area (Å²) in [6, 6.07) is 7.56. The van der Waals surface area contributed by atoms with Crippen LogP contribution in [-0.4, -0.2) is 31.0 Å². The molecule has 0 bridgehead atoms. The third kappa shape index (κ3) is 3.01. The first-order valence-corrected chi connectivity index (χ1v) is 8.36. The number of aromatic nitrogens is 4. The second-order valence-corrected chi connectivity index (χ2v) is 6.39. The average Bonchev–Trinajstić information content (AvgIpc) is 2.96. The Morgan fingerprint density at radius 2 is 2.17 bits per heavy atom. The van der Waals surface area contributed by atoms with Crippen molar-refractivity contribution in [1.29, 1.82) is 0 Å². The maximum absolute atomic E-state index is 13.1. The van der Waals surface area contributed by atoms with E-state index in [0.717, 1.165) is 42.2 Å². The van der Waals surface area contributed by atoms with Crippen LogP contribution < -0.4 is 0 Å². The molecule has 0 radical (unpaired) electrons. The fraction of sp³-hybridized carbons (Fsp3) is 0.389. The molecule has 0 aliphatic carbocycles. The van der Waals surface area contributed by atoms with Gasteiger partial charge in [-0.15, -0.1) is 0 Å². The van der Waals surface area contributed by atoms with Crippen LogP contribution in [0.3, 0.4) is 0 Å². The SMILES string of the molecule is Cc1cc2nc(C3CCCCN3Cc3ccc(F)cn3)ccn2n1. The van der Waals surface area contributed by atoms with Crippen molar-refractivity contribution in [3.8, 4) is 0 Å². The standard InChI is InChI=1S/C18H20FN5/c1-13-10-18-21-16(7-9-24(18)22-13)17-4-2-3-8-23(17)12-15-6-5-14(19)11-20-15/h5-7,9-11,17H,2-4,8,12H2,1H3. The number of fused-ring (bicyclic) bond motifs is 1. The summed E-state index contributed by atoms with van der Waals surface area (Å²) in [6.07, 6.45) is 6.72. The minimum absolute atomic E-state index is 0.269. The normalized spacial score (nSPS) is 19.0. The first-order valence-electron chi connectivity index (χ1n) is 8.36. The largest absolute Gasteiger partial charge is 0.289 e. The molecule has 4 rings (SSSR count). The number of rotatable bonds is 3. The molecule has 0 N–H and O–H groups in total. The van der Waals surface area contributed by atoms with Gasteiger partial charge in [0.05, 0.1) is 29.3 Å². The van der Waals surface area contributed by atoms with Crippen LogP contribution in [0.25, 0.3) is 5.65 Å². The molecule has 0 amide bonds. The van der Waals surface area contributed by atoms with Gasteiger partial charge in [-0.05, 0) is 44.5 Å². The molecule has 0 aromatic carbocycles. The predicted octanol–water partition coefficient (Wildman–Crippen LogP) is 3.30. The smallest absolute Gasteiger partial charge is 0.155 e. The van der Waals surface area contributed by atoms with E-state index in [9.17, 15) is 4.39 Å². The van der Waals surface area contributed by atoms with Gasteiger partial charge in [-0.2, -0.15) is 5.10 Å². The van der Waals surface area contributed by atoms with Gasteiger partial charge < -0.3 is 0 Å². The monoisotopic (exact) mass is 325 g/mol. The first kappa shape index (κ1) is 15.2. The number of nitrogens with zero attached hydrogens (tertiary/aromatic N) is 5. The fourth-order valence-corrected chi connectivity index (χ4v) is 3.42. The van der Waals surface area contributed by atoms with E-state index in [2.05, 4.69) is 21.0 Å². The second kappa shape index (κ2) is 6.28. The summed E-state index contributed by atoms with van der Waals surface area (Å²) in [5.74, 6) is -0.294. The minimum Gasteiger partial charge on any atom is -0.289 e. The summed E-state index contributed by atoms with van der Waals surface area (Å²) in [5, 5.41) is 4.39. The summed E-state index contributed by atoms with van der Waals surface area (Å²) >= 11 is 0. The Labute approximate surface area is 140 Å². The minimum atomic E-state index is -0.294. The number of aryl methyl sites for hydroxylation is 1. The van der Waals surface area contributed by atoms with Gasteiger partial charge in [-0.25, -0.2) is 13.9 Å². The highest BCUT2D eigenvalue weighted by Gasteiger charge is 2.25. The van der Waals surface area contributed by atoms with E-state index in [-0.39, 0.29) is 11.9 Å².